The van der Waals surface area contributed by atoms with E-state index >= 15 is 0 Å². The Balaban J connectivity index is 1.56. The van der Waals surface area contributed by atoms with Gasteiger partial charge in [-0.2, -0.15) is 0 Å². The van der Waals surface area contributed by atoms with Gasteiger partial charge >= 0.3 is 0 Å². The summed E-state index contributed by atoms with van der Waals surface area (Å²) in [4.78, 5) is 34.3. The van der Waals surface area contributed by atoms with Crippen LogP contribution in [-0.2, 0) is 22.6 Å². The number of para-hydroxylation sites is 1. The van der Waals surface area contributed by atoms with Crippen molar-refractivity contribution in [1.82, 2.24) is 30.2 Å². The molecular weight excluding hydrogens is 500 g/mol. The smallest absolute Gasteiger partial charge is 0.247 e. The number of hydrogen-bond donors (Lipinski definition) is 1. The molecule has 0 radical (unpaired) electrons. The third kappa shape index (κ3) is 6.01. The number of fused-ring (bicyclic) bond motifs is 2. The minimum atomic E-state index is -0.846. The van der Waals surface area contributed by atoms with Gasteiger partial charge in [0.15, 0.2) is 0 Å². The maximum absolute atomic E-state index is 14.1. The van der Waals surface area contributed by atoms with Crippen molar-refractivity contribution in [1.29, 1.82) is 0 Å². The summed E-state index contributed by atoms with van der Waals surface area (Å²) in [7, 11) is 0. The molecule has 3 aromatic carbocycles. The van der Waals surface area contributed by atoms with Gasteiger partial charge in [-0.1, -0.05) is 66.7 Å². The molecule has 40 heavy (non-hydrogen) atoms. The van der Waals surface area contributed by atoms with Crippen molar-refractivity contribution in [3.8, 4) is 0 Å². The molecule has 204 valence electrons. The fourth-order valence-corrected chi connectivity index (χ4v) is 4.77. The van der Waals surface area contributed by atoms with Crippen LogP contribution in [0.15, 0.2) is 91.1 Å². The molecule has 0 spiro atoms. The van der Waals surface area contributed by atoms with Crippen molar-refractivity contribution in [2.24, 2.45) is 0 Å². The Labute approximate surface area is 234 Å². The molecule has 1 atom stereocenters. The van der Waals surface area contributed by atoms with E-state index in [9.17, 15) is 9.59 Å². The molecule has 8 nitrogen and oxygen atoms in total. The highest BCUT2D eigenvalue weighted by Crippen LogP contribution is 2.27. The van der Waals surface area contributed by atoms with Crippen LogP contribution in [0.2, 0.25) is 0 Å². The fourth-order valence-electron chi connectivity index (χ4n) is 4.77. The monoisotopic (exact) mass is 534 g/mol. The first-order valence-corrected chi connectivity index (χ1v) is 13.6. The first-order chi connectivity index (χ1) is 19.3. The predicted molar refractivity (Wildman–Crippen MR) is 156 cm³/mol. The molecular formula is C32H34N6O2. The number of amides is 2. The van der Waals surface area contributed by atoms with Crippen LogP contribution in [0.25, 0.3) is 21.9 Å². The van der Waals surface area contributed by atoms with Crippen molar-refractivity contribution in [2.45, 2.75) is 51.7 Å². The van der Waals surface area contributed by atoms with Crippen LogP contribution >= 0.6 is 0 Å². The van der Waals surface area contributed by atoms with Gasteiger partial charge < -0.3 is 10.2 Å². The van der Waals surface area contributed by atoms with E-state index in [-0.39, 0.29) is 18.4 Å². The van der Waals surface area contributed by atoms with Crippen LogP contribution in [-0.4, -0.2) is 48.8 Å². The second-order valence-corrected chi connectivity index (χ2v) is 10.6. The van der Waals surface area contributed by atoms with Crippen molar-refractivity contribution in [3.63, 3.8) is 0 Å². The highest BCUT2D eigenvalue weighted by atomic mass is 16.2. The minimum absolute atomic E-state index is 0.0363. The largest absolute Gasteiger partial charge is 0.349 e. The first-order valence-electron chi connectivity index (χ1n) is 13.6. The van der Waals surface area contributed by atoms with Crippen LogP contribution in [0, 0.1) is 0 Å². The highest BCUT2D eigenvalue weighted by molar-refractivity contribution is 5.91. The lowest BCUT2D eigenvalue weighted by Crippen LogP contribution is -2.51. The predicted octanol–water partition coefficient (Wildman–Crippen LogP) is 5.10. The van der Waals surface area contributed by atoms with Gasteiger partial charge in [0.2, 0.25) is 11.8 Å². The summed E-state index contributed by atoms with van der Waals surface area (Å²) in [5.74, 6) is -0.438. The zero-order chi connectivity index (χ0) is 28.1. The van der Waals surface area contributed by atoms with E-state index in [1.54, 1.807) is 15.8 Å². The van der Waals surface area contributed by atoms with Crippen LogP contribution in [0.5, 0.6) is 0 Å². The SMILES string of the molecule is CCC(C)(C)NC(=O)[C@@H](c1ccc2ncccc2c1)N(CCc1ccccc1)C(=O)Cn1nnc2ccccc21. The Kier molecular flexibility index (Phi) is 7.86. The van der Waals surface area contributed by atoms with Gasteiger partial charge in [-0.15, -0.1) is 5.10 Å². The van der Waals surface area contributed by atoms with E-state index in [0.29, 0.717) is 18.5 Å². The topological polar surface area (TPSA) is 93.0 Å². The van der Waals surface area contributed by atoms with Gasteiger partial charge in [0, 0.05) is 23.7 Å². The molecule has 1 N–H and O–H groups in total. The molecule has 0 aliphatic rings. The molecule has 0 aliphatic heterocycles. The number of carbonyl (C=O) groups excluding carboxylic acids is 2. The van der Waals surface area contributed by atoms with Crippen molar-refractivity contribution in [2.75, 3.05) is 6.54 Å². The summed E-state index contributed by atoms with van der Waals surface area (Å²) >= 11 is 0. The number of nitrogens with zero attached hydrogens (tertiary/aromatic N) is 5. The number of hydrogen-bond acceptors (Lipinski definition) is 5. The van der Waals surface area contributed by atoms with Crippen molar-refractivity contribution < 1.29 is 9.59 Å². The highest BCUT2D eigenvalue weighted by Gasteiger charge is 2.34. The van der Waals surface area contributed by atoms with E-state index in [4.69, 9.17) is 0 Å². The molecule has 2 aromatic heterocycles. The van der Waals surface area contributed by atoms with Gasteiger partial charge in [0.25, 0.3) is 0 Å². The Morgan fingerprint density at radius 2 is 1.73 bits per heavy atom. The minimum Gasteiger partial charge on any atom is -0.349 e. The zero-order valence-electron chi connectivity index (χ0n) is 23.1. The molecule has 2 amide bonds. The lowest BCUT2D eigenvalue weighted by atomic mass is 9.97. The normalized spacial score (nSPS) is 12.4. The molecule has 2 heterocycles. The van der Waals surface area contributed by atoms with Crippen LogP contribution in [0.3, 0.4) is 0 Å². The number of pyridine rings is 1. The molecule has 0 bridgehead atoms. The molecule has 5 aromatic rings. The maximum atomic E-state index is 14.1. The summed E-state index contributed by atoms with van der Waals surface area (Å²) in [5.41, 5.74) is 3.69. The quantitative estimate of drug-likeness (QED) is 0.269. The molecule has 0 fully saturated rings. The van der Waals surface area contributed by atoms with E-state index in [1.165, 1.54) is 0 Å². The average molecular weight is 535 g/mol. The van der Waals surface area contributed by atoms with E-state index in [2.05, 4.69) is 20.6 Å². The number of benzene rings is 3. The number of nitrogens with one attached hydrogen (secondary N) is 1. The number of carbonyl (C=O) groups is 2. The summed E-state index contributed by atoms with van der Waals surface area (Å²) in [5, 5.41) is 12.5. The zero-order valence-corrected chi connectivity index (χ0v) is 23.1. The molecule has 0 saturated heterocycles. The lowest BCUT2D eigenvalue weighted by molar-refractivity contribution is -0.142. The molecule has 8 heteroatoms. The van der Waals surface area contributed by atoms with Crippen LogP contribution in [0.1, 0.15) is 44.4 Å². The molecule has 0 saturated carbocycles. The summed E-state index contributed by atoms with van der Waals surface area (Å²) in [6.07, 6.45) is 3.09. The Bertz CT molecular complexity index is 1630. The van der Waals surface area contributed by atoms with Gasteiger partial charge in [0.05, 0.1) is 11.0 Å². The Hall–Kier alpha value is -4.59. The first kappa shape index (κ1) is 27.0. The van der Waals surface area contributed by atoms with Crippen LogP contribution in [0.4, 0.5) is 0 Å². The Morgan fingerprint density at radius 1 is 0.950 bits per heavy atom. The molecule has 5 rings (SSSR count). The average Bonchev–Trinajstić information content (AvgIpc) is 3.37. The lowest BCUT2D eigenvalue weighted by Gasteiger charge is -2.35. The molecule has 0 aliphatic carbocycles. The molecule has 0 unspecified atom stereocenters. The van der Waals surface area contributed by atoms with Gasteiger partial charge in [-0.05, 0) is 68.1 Å². The van der Waals surface area contributed by atoms with Crippen molar-refractivity contribution >= 4 is 33.8 Å². The summed E-state index contributed by atoms with van der Waals surface area (Å²) in [6, 6.07) is 26.3. The number of aromatic nitrogens is 4. The second kappa shape index (κ2) is 11.7. The fraction of sp³-hybridized carbons (Fsp3) is 0.281. The van der Waals surface area contributed by atoms with Crippen LogP contribution < -0.4 is 5.32 Å². The van der Waals surface area contributed by atoms with E-state index in [1.807, 2.05) is 106 Å². The third-order valence-corrected chi connectivity index (χ3v) is 7.36. The van der Waals surface area contributed by atoms with Gasteiger partial charge in [0.1, 0.15) is 18.1 Å². The van der Waals surface area contributed by atoms with E-state index in [0.717, 1.165) is 34.0 Å². The Morgan fingerprint density at radius 3 is 2.52 bits per heavy atom. The summed E-state index contributed by atoms with van der Waals surface area (Å²) < 4.78 is 1.60. The maximum Gasteiger partial charge on any atom is 0.247 e. The van der Waals surface area contributed by atoms with Gasteiger partial charge in [-0.25, -0.2) is 4.68 Å². The van der Waals surface area contributed by atoms with Crippen molar-refractivity contribution in [3.05, 3.63) is 102 Å². The third-order valence-electron chi connectivity index (χ3n) is 7.36. The van der Waals surface area contributed by atoms with Gasteiger partial charge in [-0.3, -0.25) is 14.6 Å². The van der Waals surface area contributed by atoms with E-state index < -0.39 is 11.6 Å². The standard InChI is InChI=1S/C32H34N6O2/c1-4-32(2,3)34-31(40)30(25-16-17-26-24(21-25)13-10-19-33-26)37(20-18-23-11-6-5-7-12-23)29(39)22-38-28-15-9-8-14-27(28)35-36-38/h5-17,19,21,30H,4,18,20,22H2,1-3H3,(H,34,40)/t30-/m1/s1. The summed E-state index contributed by atoms with van der Waals surface area (Å²) in [6.45, 7) is 6.33. The number of rotatable bonds is 10. The second-order valence-electron chi connectivity index (χ2n) is 10.6.